The molecule has 0 bridgehead atoms. The minimum Gasteiger partial charge on any atom is -0.495 e. The Balaban J connectivity index is 1.32. The van der Waals surface area contributed by atoms with Gasteiger partial charge in [0.2, 0.25) is 0 Å². The second-order valence-electron chi connectivity index (χ2n) is 11.9. The summed E-state index contributed by atoms with van der Waals surface area (Å²) in [5.41, 5.74) is 3.32. The highest BCUT2D eigenvalue weighted by Gasteiger charge is 2.33. The number of nitrogens with one attached hydrogen (secondary N) is 2. The van der Waals surface area contributed by atoms with Gasteiger partial charge in [-0.2, -0.15) is 13.2 Å². The van der Waals surface area contributed by atoms with Crippen molar-refractivity contribution in [3.63, 3.8) is 0 Å². The van der Waals surface area contributed by atoms with E-state index < -0.39 is 22.6 Å². The van der Waals surface area contributed by atoms with Gasteiger partial charge in [-0.3, -0.25) is 0 Å². The molecule has 2 heterocycles. The van der Waals surface area contributed by atoms with E-state index in [1.54, 1.807) is 24.4 Å². The van der Waals surface area contributed by atoms with E-state index >= 15 is 0 Å². The number of piperidine rings is 1. The molecule has 2 atom stereocenters. The summed E-state index contributed by atoms with van der Waals surface area (Å²) in [6.45, 7) is 3.86. The van der Waals surface area contributed by atoms with Crippen molar-refractivity contribution in [2.45, 2.75) is 55.8 Å². The minimum absolute atomic E-state index is 0.202. The molecule has 2 fully saturated rings. The van der Waals surface area contributed by atoms with Gasteiger partial charge in [-0.25, -0.2) is 8.42 Å². The van der Waals surface area contributed by atoms with Gasteiger partial charge in [-0.05, 0) is 86.5 Å². The number of anilines is 2. The summed E-state index contributed by atoms with van der Waals surface area (Å²) >= 11 is 0. The molecule has 0 radical (unpaired) electrons. The summed E-state index contributed by atoms with van der Waals surface area (Å²) in [5, 5.41) is 7.92. The molecule has 0 spiro atoms. The van der Waals surface area contributed by atoms with Crippen molar-refractivity contribution in [2.24, 2.45) is 11.8 Å². The van der Waals surface area contributed by atoms with Crippen LogP contribution in [0.4, 0.5) is 24.5 Å². The van der Waals surface area contributed by atoms with Crippen LogP contribution >= 0.6 is 0 Å². The first-order valence-electron chi connectivity index (χ1n) is 14.1. The monoisotopic (exact) mass is 592 g/mol. The number of hydrogen-bond donors (Lipinski definition) is 2. The Labute approximate surface area is 240 Å². The average Bonchev–Trinajstić information content (AvgIpc) is 3.25. The lowest BCUT2D eigenvalue weighted by Gasteiger charge is -2.38. The number of hydrogen-bond acceptors (Lipinski definition) is 6. The lowest BCUT2D eigenvalue weighted by atomic mass is 9.71. The number of rotatable bonds is 9. The topological polar surface area (TPSA) is 75.6 Å². The number of alkyl halides is 3. The highest BCUT2D eigenvalue weighted by atomic mass is 32.2. The maximum Gasteiger partial charge on any atom is 0.406 e. The van der Waals surface area contributed by atoms with E-state index in [1.807, 2.05) is 6.07 Å². The SMILES string of the molecule is COc1cc(S(C)(=O)=O)ccc1NCC1CC(c2cc(NC3CCN(C)CC3C)c3ccn(CC(F)(F)F)c3c2)C1. The molecule has 2 N–H and O–H groups in total. The molecule has 1 aliphatic heterocycles. The van der Waals surface area contributed by atoms with Crippen LogP contribution in [0, 0.1) is 11.8 Å². The van der Waals surface area contributed by atoms with E-state index in [0.717, 1.165) is 60.9 Å². The average molecular weight is 593 g/mol. The molecule has 11 heteroatoms. The first kappa shape index (κ1) is 29.6. The Bertz CT molecular complexity index is 1500. The molecule has 3 aromatic rings. The van der Waals surface area contributed by atoms with Crippen molar-refractivity contribution in [2.75, 3.05) is 50.7 Å². The highest BCUT2D eigenvalue weighted by molar-refractivity contribution is 7.90. The molecule has 7 nitrogen and oxygen atoms in total. The largest absolute Gasteiger partial charge is 0.495 e. The number of methoxy groups -OCH3 is 1. The molecule has 1 saturated heterocycles. The van der Waals surface area contributed by atoms with Crippen LogP contribution in [0.15, 0.2) is 47.5 Å². The van der Waals surface area contributed by atoms with Crippen LogP contribution in [0.5, 0.6) is 5.75 Å². The van der Waals surface area contributed by atoms with Crippen LogP contribution in [0.25, 0.3) is 10.9 Å². The van der Waals surface area contributed by atoms with Gasteiger partial charge in [0.25, 0.3) is 0 Å². The molecular formula is C30H39F3N4O3S. The summed E-state index contributed by atoms with van der Waals surface area (Å²) in [5.74, 6) is 1.53. The normalized spacial score (nSPS) is 23.8. The standard InChI is InChI=1S/C30H39F3N4O3S/c1-19-17-36(2)9-8-25(19)35-27-13-22(14-28-24(27)7-10-37(28)18-30(31,32)33)21-11-20(12-21)16-34-26-6-5-23(41(4,38)39)15-29(26)40-3/h5-7,10,13-15,19-21,25,34-35H,8-9,11-12,16-18H2,1-4H3. The summed E-state index contributed by atoms with van der Waals surface area (Å²) in [7, 11) is 0.288. The molecule has 5 rings (SSSR count). The van der Waals surface area contributed by atoms with Crippen molar-refractivity contribution < 1.29 is 26.3 Å². The zero-order valence-corrected chi connectivity index (χ0v) is 24.8. The summed E-state index contributed by atoms with van der Waals surface area (Å²) < 4.78 is 70.6. The number of likely N-dealkylation sites (tertiary alicyclic amines) is 1. The summed E-state index contributed by atoms with van der Waals surface area (Å²) in [6.07, 6.45) is 1.21. The number of fused-ring (bicyclic) bond motifs is 1. The summed E-state index contributed by atoms with van der Waals surface area (Å²) in [6, 6.07) is 10.9. The predicted molar refractivity (Wildman–Crippen MR) is 157 cm³/mol. The zero-order valence-electron chi connectivity index (χ0n) is 24.0. The van der Waals surface area contributed by atoms with Crippen molar-refractivity contribution in [3.8, 4) is 5.75 Å². The van der Waals surface area contributed by atoms with Gasteiger partial charge in [0, 0.05) is 48.7 Å². The molecule has 0 amide bonds. The van der Waals surface area contributed by atoms with Crippen LogP contribution in [0.1, 0.15) is 37.7 Å². The van der Waals surface area contributed by atoms with Gasteiger partial charge in [0.1, 0.15) is 12.3 Å². The van der Waals surface area contributed by atoms with Crippen LogP contribution in [0.2, 0.25) is 0 Å². The van der Waals surface area contributed by atoms with Crippen molar-refractivity contribution in [1.82, 2.24) is 9.47 Å². The molecule has 1 aromatic heterocycles. The summed E-state index contributed by atoms with van der Waals surface area (Å²) in [4.78, 5) is 2.51. The Morgan fingerprint density at radius 1 is 1.10 bits per heavy atom. The number of benzene rings is 2. The number of halogens is 3. The van der Waals surface area contributed by atoms with Crippen LogP contribution in [0.3, 0.4) is 0 Å². The second kappa shape index (κ2) is 11.4. The molecule has 1 aliphatic carbocycles. The zero-order chi connectivity index (χ0) is 29.5. The van der Waals surface area contributed by atoms with Crippen molar-refractivity contribution in [3.05, 3.63) is 48.2 Å². The fourth-order valence-electron chi connectivity index (χ4n) is 6.25. The third-order valence-corrected chi connectivity index (χ3v) is 9.71. The molecule has 2 aliphatic rings. The Morgan fingerprint density at radius 2 is 1.85 bits per heavy atom. The van der Waals surface area contributed by atoms with Crippen molar-refractivity contribution in [1.29, 1.82) is 0 Å². The fraction of sp³-hybridized carbons (Fsp3) is 0.533. The number of aromatic nitrogens is 1. The minimum atomic E-state index is -4.30. The third kappa shape index (κ3) is 6.77. The first-order chi connectivity index (χ1) is 19.3. The molecule has 224 valence electrons. The van der Waals surface area contributed by atoms with E-state index in [-0.39, 0.29) is 16.9 Å². The Kier molecular flexibility index (Phi) is 8.22. The molecule has 2 aromatic carbocycles. The quantitative estimate of drug-likeness (QED) is 0.319. The van der Waals surface area contributed by atoms with Crippen LogP contribution < -0.4 is 15.4 Å². The lowest BCUT2D eigenvalue weighted by Crippen LogP contribution is -2.43. The smallest absolute Gasteiger partial charge is 0.406 e. The van der Waals surface area contributed by atoms with Gasteiger partial charge in [-0.15, -0.1) is 0 Å². The van der Waals surface area contributed by atoms with E-state index in [0.29, 0.717) is 29.6 Å². The Morgan fingerprint density at radius 3 is 2.51 bits per heavy atom. The molecule has 1 saturated carbocycles. The maximum atomic E-state index is 13.4. The van der Waals surface area contributed by atoms with Crippen LogP contribution in [-0.4, -0.2) is 70.2 Å². The first-order valence-corrected chi connectivity index (χ1v) is 16.0. The van der Waals surface area contributed by atoms with Gasteiger partial charge >= 0.3 is 6.18 Å². The molecular weight excluding hydrogens is 553 g/mol. The molecule has 41 heavy (non-hydrogen) atoms. The lowest BCUT2D eigenvalue weighted by molar-refractivity contribution is -0.139. The fourth-order valence-corrected chi connectivity index (χ4v) is 6.89. The van der Waals surface area contributed by atoms with E-state index in [2.05, 4.69) is 35.6 Å². The number of sulfone groups is 1. The van der Waals surface area contributed by atoms with Crippen molar-refractivity contribution >= 4 is 32.1 Å². The second-order valence-corrected chi connectivity index (χ2v) is 13.9. The van der Waals surface area contributed by atoms with E-state index in [9.17, 15) is 21.6 Å². The van der Waals surface area contributed by atoms with Gasteiger partial charge in [0.05, 0.1) is 23.2 Å². The predicted octanol–water partition coefficient (Wildman–Crippen LogP) is 5.97. The van der Waals surface area contributed by atoms with Gasteiger partial charge < -0.3 is 24.8 Å². The molecule has 2 unspecified atom stereocenters. The Hall–Kier alpha value is -2.92. The van der Waals surface area contributed by atoms with E-state index in [1.165, 1.54) is 17.7 Å². The maximum absolute atomic E-state index is 13.4. The third-order valence-electron chi connectivity index (χ3n) is 8.60. The number of nitrogens with zero attached hydrogens (tertiary/aromatic N) is 2. The van der Waals surface area contributed by atoms with E-state index in [4.69, 9.17) is 4.74 Å². The highest BCUT2D eigenvalue weighted by Crippen LogP contribution is 2.44. The number of ether oxygens (including phenoxy) is 1. The van der Waals surface area contributed by atoms with Crippen LogP contribution in [-0.2, 0) is 16.4 Å². The van der Waals surface area contributed by atoms with Gasteiger partial charge in [0.15, 0.2) is 9.84 Å². The van der Waals surface area contributed by atoms with Gasteiger partial charge in [-0.1, -0.05) is 6.92 Å².